The lowest BCUT2D eigenvalue weighted by atomic mass is 9.92. The first kappa shape index (κ1) is 16.4. The standard InChI is InChI=1S/C14H19FN4O2S/c1-5-19-13(7-12(17-19)14(2,3)4)18-22(20,21)11-6-10(15)8-16-9-11/h6-9,18H,5H2,1-4H3. The van der Waals surface area contributed by atoms with Crippen molar-refractivity contribution in [3.63, 3.8) is 0 Å². The number of nitrogens with zero attached hydrogens (tertiary/aromatic N) is 3. The number of hydrogen-bond donors (Lipinski definition) is 1. The van der Waals surface area contributed by atoms with Crippen molar-refractivity contribution in [1.29, 1.82) is 0 Å². The molecule has 2 rings (SSSR count). The van der Waals surface area contributed by atoms with E-state index in [1.54, 1.807) is 10.7 Å². The Kier molecular flexibility index (Phi) is 4.23. The third kappa shape index (κ3) is 3.44. The largest absolute Gasteiger partial charge is 0.264 e. The lowest BCUT2D eigenvalue weighted by Crippen LogP contribution is -2.16. The van der Waals surface area contributed by atoms with Gasteiger partial charge in [0.1, 0.15) is 16.5 Å². The second-order valence-electron chi connectivity index (χ2n) is 5.92. The Labute approximate surface area is 129 Å². The van der Waals surface area contributed by atoms with E-state index in [1.807, 2.05) is 27.7 Å². The summed E-state index contributed by atoms with van der Waals surface area (Å²) >= 11 is 0. The summed E-state index contributed by atoms with van der Waals surface area (Å²) in [6, 6.07) is 2.61. The van der Waals surface area contributed by atoms with Crippen LogP contribution in [-0.2, 0) is 22.0 Å². The third-order valence-corrected chi connectivity index (χ3v) is 4.40. The molecule has 0 bridgehead atoms. The van der Waals surface area contributed by atoms with Gasteiger partial charge in [0.2, 0.25) is 0 Å². The molecule has 0 fully saturated rings. The van der Waals surface area contributed by atoms with Gasteiger partial charge in [0.05, 0.1) is 11.9 Å². The molecule has 0 aromatic carbocycles. The SMILES string of the molecule is CCn1nc(C(C)(C)C)cc1NS(=O)(=O)c1cncc(F)c1. The van der Waals surface area contributed by atoms with Gasteiger partial charge in [-0.1, -0.05) is 20.8 Å². The summed E-state index contributed by atoms with van der Waals surface area (Å²) in [5.41, 5.74) is 0.561. The maximum absolute atomic E-state index is 13.2. The molecule has 0 saturated heterocycles. The molecule has 0 saturated carbocycles. The average molecular weight is 326 g/mol. The normalized spacial score (nSPS) is 12.4. The maximum Gasteiger partial charge on any atom is 0.264 e. The first-order chi connectivity index (χ1) is 10.1. The zero-order valence-corrected chi connectivity index (χ0v) is 13.8. The highest BCUT2D eigenvalue weighted by molar-refractivity contribution is 7.92. The minimum Gasteiger partial charge on any atom is -0.264 e. The Morgan fingerprint density at radius 2 is 1.95 bits per heavy atom. The second-order valence-corrected chi connectivity index (χ2v) is 7.61. The van der Waals surface area contributed by atoms with Gasteiger partial charge in [-0.15, -0.1) is 0 Å². The molecule has 0 atom stereocenters. The molecule has 0 radical (unpaired) electrons. The smallest absolute Gasteiger partial charge is 0.264 e. The van der Waals surface area contributed by atoms with E-state index in [0.29, 0.717) is 12.4 Å². The number of aromatic nitrogens is 3. The van der Waals surface area contributed by atoms with Gasteiger partial charge in [-0.2, -0.15) is 5.10 Å². The number of halogens is 1. The molecule has 0 spiro atoms. The molecule has 2 heterocycles. The molecule has 0 amide bonds. The van der Waals surface area contributed by atoms with Crippen molar-refractivity contribution in [3.05, 3.63) is 36.0 Å². The summed E-state index contributed by atoms with van der Waals surface area (Å²) in [6.45, 7) is 8.34. The fourth-order valence-corrected chi connectivity index (χ4v) is 2.87. The molecule has 0 aliphatic heterocycles. The minimum atomic E-state index is -3.91. The molecule has 2 aromatic heterocycles. The quantitative estimate of drug-likeness (QED) is 0.936. The second kappa shape index (κ2) is 5.68. The molecule has 8 heteroatoms. The van der Waals surface area contributed by atoms with Crippen molar-refractivity contribution in [2.75, 3.05) is 4.72 Å². The molecule has 22 heavy (non-hydrogen) atoms. The Morgan fingerprint density at radius 3 is 2.50 bits per heavy atom. The molecule has 6 nitrogen and oxygen atoms in total. The van der Waals surface area contributed by atoms with Gasteiger partial charge in [-0.25, -0.2) is 17.5 Å². The van der Waals surface area contributed by atoms with Crippen LogP contribution in [0.4, 0.5) is 10.2 Å². The number of pyridine rings is 1. The summed E-state index contributed by atoms with van der Waals surface area (Å²) in [4.78, 5) is 3.33. The van der Waals surface area contributed by atoms with Crippen LogP contribution in [0.15, 0.2) is 29.4 Å². The van der Waals surface area contributed by atoms with Crippen molar-refractivity contribution in [3.8, 4) is 0 Å². The number of nitrogens with one attached hydrogen (secondary N) is 1. The zero-order chi connectivity index (χ0) is 16.5. The number of anilines is 1. The Balaban J connectivity index is 2.39. The van der Waals surface area contributed by atoms with Gasteiger partial charge >= 0.3 is 0 Å². The fraction of sp³-hybridized carbons (Fsp3) is 0.429. The Hall–Kier alpha value is -1.96. The van der Waals surface area contributed by atoms with Crippen molar-refractivity contribution >= 4 is 15.8 Å². The van der Waals surface area contributed by atoms with Crippen LogP contribution in [0.25, 0.3) is 0 Å². The number of rotatable bonds is 4. The molecule has 2 aromatic rings. The van der Waals surface area contributed by atoms with E-state index in [-0.39, 0.29) is 10.3 Å². The summed E-state index contributed by atoms with van der Waals surface area (Å²) < 4.78 is 41.8. The number of aryl methyl sites for hydroxylation is 1. The zero-order valence-electron chi connectivity index (χ0n) is 13.0. The minimum absolute atomic E-state index is 0.207. The van der Waals surface area contributed by atoms with Gasteiger partial charge in [-0.05, 0) is 13.0 Å². The monoisotopic (exact) mass is 326 g/mol. The first-order valence-corrected chi connectivity index (χ1v) is 8.33. The van der Waals surface area contributed by atoms with Crippen molar-refractivity contribution < 1.29 is 12.8 Å². The van der Waals surface area contributed by atoms with E-state index >= 15 is 0 Å². The Morgan fingerprint density at radius 1 is 1.27 bits per heavy atom. The molecule has 120 valence electrons. The fourth-order valence-electron chi connectivity index (χ4n) is 1.84. The van der Waals surface area contributed by atoms with E-state index in [1.165, 1.54) is 0 Å². The predicted molar refractivity (Wildman–Crippen MR) is 81.6 cm³/mol. The van der Waals surface area contributed by atoms with Gasteiger partial charge in [-0.3, -0.25) is 9.71 Å². The maximum atomic E-state index is 13.2. The summed E-state index contributed by atoms with van der Waals surface area (Å²) in [7, 11) is -3.91. The van der Waals surface area contributed by atoms with Crippen molar-refractivity contribution in [2.45, 2.75) is 44.6 Å². The van der Waals surface area contributed by atoms with Gasteiger partial charge in [0.25, 0.3) is 10.0 Å². The van der Waals surface area contributed by atoms with E-state index in [9.17, 15) is 12.8 Å². The van der Waals surface area contributed by atoms with Crippen LogP contribution >= 0.6 is 0 Å². The molecular formula is C14H19FN4O2S. The summed E-state index contributed by atoms with van der Waals surface area (Å²) in [5.74, 6) is -0.362. The van der Waals surface area contributed by atoms with Gasteiger partial charge in [0, 0.05) is 24.2 Å². The number of hydrogen-bond acceptors (Lipinski definition) is 4. The molecule has 0 aliphatic rings. The molecule has 0 unspecified atom stereocenters. The summed E-state index contributed by atoms with van der Waals surface area (Å²) in [6.07, 6.45) is 2.05. The van der Waals surface area contributed by atoms with E-state index in [2.05, 4.69) is 14.8 Å². The lowest BCUT2D eigenvalue weighted by molar-refractivity contribution is 0.542. The van der Waals surface area contributed by atoms with Crippen molar-refractivity contribution in [1.82, 2.24) is 14.8 Å². The van der Waals surface area contributed by atoms with Crippen LogP contribution in [0.1, 0.15) is 33.4 Å². The predicted octanol–water partition coefficient (Wildman–Crippen LogP) is 2.54. The molecule has 0 aliphatic carbocycles. The average Bonchev–Trinajstić information content (AvgIpc) is 2.81. The van der Waals surface area contributed by atoms with Crippen LogP contribution in [-0.4, -0.2) is 23.2 Å². The highest BCUT2D eigenvalue weighted by atomic mass is 32.2. The van der Waals surface area contributed by atoms with Gasteiger partial charge in [0.15, 0.2) is 0 Å². The van der Waals surface area contributed by atoms with E-state index in [4.69, 9.17) is 0 Å². The molecule has 1 N–H and O–H groups in total. The van der Waals surface area contributed by atoms with E-state index in [0.717, 1.165) is 24.2 Å². The van der Waals surface area contributed by atoms with Crippen LogP contribution in [0.5, 0.6) is 0 Å². The molecular weight excluding hydrogens is 307 g/mol. The summed E-state index contributed by atoms with van der Waals surface area (Å²) in [5, 5.41) is 4.40. The Bertz CT molecular complexity index is 778. The van der Waals surface area contributed by atoms with Crippen LogP contribution in [0, 0.1) is 5.82 Å². The third-order valence-electron chi connectivity index (χ3n) is 3.08. The van der Waals surface area contributed by atoms with Gasteiger partial charge < -0.3 is 0 Å². The number of sulfonamides is 1. The highest BCUT2D eigenvalue weighted by Gasteiger charge is 2.23. The van der Waals surface area contributed by atoms with Crippen LogP contribution in [0.2, 0.25) is 0 Å². The van der Waals surface area contributed by atoms with E-state index < -0.39 is 15.8 Å². The van der Waals surface area contributed by atoms with Crippen LogP contribution in [0.3, 0.4) is 0 Å². The lowest BCUT2D eigenvalue weighted by Gasteiger charge is -2.13. The van der Waals surface area contributed by atoms with Crippen molar-refractivity contribution in [2.24, 2.45) is 0 Å². The van der Waals surface area contributed by atoms with Crippen LogP contribution < -0.4 is 4.72 Å². The first-order valence-electron chi connectivity index (χ1n) is 6.85. The highest BCUT2D eigenvalue weighted by Crippen LogP contribution is 2.25. The topological polar surface area (TPSA) is 76.9 Å².